The van der Waals surface area contributed by atoms with Crippen LogP contribution < -0.4 is 10.6 Å². The average Bonchev–Trinajstić information content (AvgIpc) is 2.94. The number of nitrogens with zero attached hydrogens (tertiary/aromatic N) is 3. The number of aromatic nitrogens is 3. The van der Waals surface area contributed by atoms with Gasteiger partial charge >= 0.3 is 0 Å². The number of nitrogens with one attached hydrogen (secondary N) is 2. The first-order chi connectivity index (χ1) is 12.0. The van der Waals surface area contributed by atoms with E-state index in [1.165, 1.54) is 36.0 Å². The molecule has 0 bridgehead atoms. The topological polar surface area (TPSA) is 88.9 Å². The second-order valence-electron chi connectivity index (χ2n) is 5.05. The van der Waals surface area contributed by atoms with Crippen LogP contribution in [0.4, 0.5) is 10.1 Å². The van der Waals surface area contributed by atoms with Gasteiger partial charge in [-0.2, -0.15) is 0 Å². The molecule has 0 spiro atoms. The van der Waals surface area contributed by atoms with Gasteiger partial charge in [0.15, 0.2) is 5.16 Å². The molecule has 1 aromatic carbocycles. The maximum atomic E-state index is 12.8. The maximum absolute atomic E-state index is 12.8. The van der Waals surface area contributed by atoms with Crippen molar-refractivity contribution in [1.82, 2.24) is 20.1 Å². The Morgan fingerprint density at radius 1 is 1.28 bits per heavy atom. The van der Waals surface area contributed by atoms with E-state index < -0.39 is 5.91 Å². The molecule has 0 saturated heterocycles. The molecule has 0 fully saturated rings. The first-order valence-electron chi connectivity index (χ1n) is 7.45. The van der Waals surface area contributed by atoms with Gasteiger partial charge in [-0.25, -0.2) is 4.39 Å². The van der Waals surface area contributed by atoms with E-state index >= 15 is 0 Å². The number of anilines is 1. The molecule has 0 saturated carbocycles. The van der Waals surface area contributed by atoms with Crippen molar-refractivity contribution >= 4 is 29.3 Å². The Bertz CT molecular complexity index is 760. The highest BCUT2D eigenvalue weighted by molar-refractivity contribution is 7.99. The number of hydrogen-bond acceptors (Lipinski definition) is 5. The highest BCUT2D eigenvalue weighted by Gasteiger charge is 2.11. The van der Waals surface area contributed by atoms with Gasteiger partial charge in [-0.3, -0.25) is 9.59 Å². The standard InChI is InChI=1S/C16H18FN5O2S/c1-3-8-22-11(2)20-21-16(22)25-10-15(24)18-9-14(23)19-13-6-4-12(17)5-7-13/h3-7H,1,8-10H2,2H3,(H,18,24)(H,19,23). The molecule has 9 heteroatoms. The number of halogens is 1. The van der Waals surface area contributed by atoms with Crippen LogP contribution in [0, 0.1) is 12.7 Å². The minimum atomic E-state index is -0.393. The van der Waals surface area contributed by atoms with Gasteiger partial charge < -0.3 is 15.2 Å². The van der Waals surface area contributed by atoms with Gasteiger partial charge in [0.05, 0.1) is 12.3 Å². The summed E-state index contributed by atoms with van der Waals surface area (Å²) in [4.78, 5) is 23.6. The molecule has 0 unspecified atom stereocenters. The third-order valence-electron chi connectivity index (χ3n) is 3.12. The molecule has 0 radical (unpaired) electrons. The van der Waals surface area contributed by atoms with Crippen LogP contribution in [-0.2, 0) is 16.1 Å². The predicted molar refractivity (Wildman–Crippen MR) is 93.7 cm³/mol. The number of benzene rings is 1. The number of carbonyl (C=O) groups is 2. The zero-order valence-electron chi connectivity index (χ0n) is 13.7. The monoisotopic (exact) mass is 363 g/mol. The number of rotatable bonds is 8. The molecule has 2 rings (SSSR count). The zero-order valence-corrected chi connectivity index (χ0v) is 14.5. The van der Waals surface area contributed by atoms with Crippen LogP contribution >= 0.6 is 11.8 Å². The summed E-state index contributed by atoms with van der Waals surface area (Å²) >= 11 is 1.23. The van der Waals surface area contributed by atoms with Crippen LogP contribution in [0.5, 0.6) is 0 Å². The zero-order chi connectivity index (χ0) is 18.2. The number of allylic oxidation sites excluding steroid dienone is 1. The highest BCUT2D eigenvalue weighted by atomic mass is 32.2. The number of amides is 2. The lowest BCUT2D eigenvalue weighted by molar-refractivity contribution is -0.122. The molecule has 2 aromatic rings. The summed E-state index contributed by atoms with van der Waals surface area (Å²) < 4.78 is 14.6. The minimum Gasteiger partial charge on any atom is -0.346 e. The average molecular weight is 363 g/mol. The summed E-state index contributed by atoms with van der Waals surface area (Å²) in [6.07, 6.45) is 1.72. The second-order valence-corrected chi connectivity index (χ2v) is 5.99. The van der Waals surface area contributed by atoms with Crippen LogP contribution in [0.1, 0.15) is 5.82 Å². The Hall–Kier alpha value is -2.68. The molecule has 1 aromatic heterocycles. The van der Waals surface area contributed by atoms with Crippen molar-refractivity contribution in [3.05, 3.63) is 48.6 Å². The normalized spacial score (nSPS) is 10.3. The van der Waals surface area contributed by atoms with Gasteiger partial charge in [-0.15, -0.1) is 16.8 Å². The lowest BCUT2D eigenvalue weighted by Gasteiger charge is -2.07. The molecule has 0 atom stereocenters. The Morgan fingerprint density at radius 2 is 2.00 bits per heavy atom. The van der Waals surface area contributed by atoms with Crippen LogP contribution in [0.2, 0.25) is 0 Å². The van der Waals surface area contributed by atoms with Crippen LogP contribution in [0.15, 0.2) is 42.1 Å². The maximum Gasteiger partial charge on any atom is 0.243 e. The van der Waals surface area contributed by atoms with E-state index in [1.807, 2.05) is 11.5 Å². The lowest BCUT2D eigenvalue weighted by atomic mass is 10.3. The number of carbonyl (C=O) groups excluding carboxylic acids is 2. The molecular formula is C16H18FN5O2S. The fourth-order valence-electron chi connectivity index (χ4n) is 1.91. The fourth-order valence-corrected chi connectivity index (χ4v) is 2.73. The van der Waals surface area contributed by atoms with Crippen molar-refractivity contribution in [2.45, 2.75) is 18.6 Å². The molecule has 25 heavy (non-hydrogen) atoms. The lowest BCUT2D eigenvalue weighted by Crippen LogP contribution is -2.33. The van der Waals surface area contributed by atoms with Gasteiger partial charge in [0.1, 0.15) is 11.6 Å². The third kappa shape index (κ3) is 5.71. The Balaban J connectivity index is 1.76. The molecule has 7 nitrogen and oxygen atoms in total. The summed E-state index contributed by atoms with van der Waals surface area (Å²) in [5.41, 5.74) is 0.461. The van der Waals surface area contributed by atoms with Gasteiger partial charge in [0.2, 0.25) is 11.8 Å². The van der Waals surface area contributed by atoms with Gasteiger partial charge in [-0.1, -0.05) is 17.8 Å². The van der Waals surface area contributed by atoms with E-state index in [4.69, 9.17) is 0 Å². The van der Waals surface area contributed by atoms with E-state index in [0.29, 0.717) is 17.4 Å². The molecule has 132 valence electrons. The van der Waals surface area contributed by atoms with Gasteiger partial charge in [0.25, 0.3) is 0 Å². The van der Waals surface area contributed by atoms with E-state index in [-0.39, 0.29) is 24.0 Å². The van der Waals surface area contributed by atoms with Gasteiger partial charge in [-0.05, 0) is 31.2 Å². The smallest absolute Gasteiger partial charge is 0.243 e. The minimum absolute atomic E-state index is 0.110. The van der Waals surface area contributed by atoms with Crippen molar-refractivity contribution in [3.8, 4) is 0 Å². The summed E-state index contributed by atoms with van der Waals surface area (Å²) in [6.45, 7) is 5.88. The molecule has 1 heterocycles. The molecular weight excluding hydrogens is 345 g/mol. The largest absolute Gasteiger partial charge is 0.346 e. The van der Waals surface area contributed by atoms with E-state index in [0.717, 1.165) is 5.82 Å². The molecule has 0 aliphatic rings. The van der Waals surface area contributed by atoms with E-state index in [2.05, 4.69) is 27.4 Å². The molecule has 2 N–H and O–H groups in total. The number of hydrogen-bond donors (Lipinski definition) is 2. The quantitative estimate of drug-likeness (QED) is 0.551. The van der Waals surface area contributed by atoms with Crippen LogP contribution in [0.25, 0.3) is 0 Å². The first kappa shape index (κ1) is 18.7. The van der Waals surface area contributed by atoms with Crippen molar-refractivity contribution in [2.75, 3.05) is 17.6 Å². The van der Waals surface area contributed by atoms with Crippen LogP contribution in [0.3, 0.4) is 0 Å². The Morgan fingerprint density at radius 3 is 2.68 bits per heavy atom. The van der Waals surface area contributed by atoms with Crippen molar-refractivity contribution < 1.29 is 14.0 Å². The van der Waals surface area contributed by atoms with Crippen molar-refractivity contribution in [2.24, 2.45) is 0 Å². The first-order valence-corrected chi connectivity index (χ1v) is 8.43. The van der Waals surface area contributed by atoms with E-state index in [9.17, 15) is 14.0 Å². The summed E-state index contributed by atoms with van der Waals surface area (Å²) in [5, 5.41) is 13.7. The van der Waals surface area contributed by atoms with E-state index in [1.54, 1.807) is 6.08 Å². The molecule has 0 aliphatic heterocycles. The Kier molecular flexibility index (Phi) is 6.70. The fraction of sp³-hybridized carbons (Fsp3) is 0.250. The van der Waals surface area contributed by atoms with Crippen LogP contribution in [-0.4, -0.2) is 38.9 Å². The van der Waals surface area contributed by atoms with Gasteiger partial charge in [0, 0.05) is 12.2 Å². The number of aryl methyl sites for hydroxylation is 1. The summed E-state index contributed by atoms with van der Waals surface area (Å²) in [6, 6.07) is 5.37. The third-order valence-corrected chi connectivity index (χ3v) is 4.09. The summed E-state index contributed by atoms with van der Waals surface area (Å²) in [7, 11) is 0. The SMILES string of the molecule is C=CCn1c(C)nnc1SCC(=O)NCC(=O)Nc1ccc(F)cc1. The Labute approximate surface area is 148 Å². The second kappa shape index (κ2) is 8.97. The molecule has 0 aliphatic carbocycles. The van der Waals surface area contributed by atoms with Crippen molar-refractivity contribution in [1.29, 1.82) is 0 Å². The predicted octanol–water partition coefficient (Wildman–Crippen LogP) is 1.76. The highest BCUT2D eigenvalue weighted by Crippen LogP contribution is 2.16. The van der Waals surface area contributed by atoms with Crippen molar-refractivity contribution in [3.63, 3.8) is 0 Å². The number of thioether (sulfide) groups is 1. The molecule has 2 amide bonds. The summed E-state index contributed by atoms with van der Waals surface area (Å²) in [5.74, 6) is -0.232.